The lowest BCUT2D eigenvalue weighted by Gasteiger charge is -2.50. The van der Waals surface area contributed by atoms with Gasteiger partial charge in [-0.15, -0.1) is 0 Å². The van der Waals surface area contributed by atoms with Crippen molar-refractivity contribution in [3.8, 4) is 0 Å². The van der Waals surface area contributed by atoms with Crippen LogP contribution in [-0.2, 0) is 0 Å². The minimum absolute atomic E-state index is 1.47. The molecule has 0 amide bonds. The van der Waals surface area contributed by atoms with Gasteiger partial charge >= 0.3 is 0 Å². The molecule has 0 aromatic heterocycles. The van der Waals surface area contributed by atoms with E-state index >= 15 is 0 Å². The van der Waals surface area contributed by atoms with Crippen molar-refractivity contribution in [3.63, 3.8) is 0 Å². The van der Waals surface area contributed by atoms with Crippen LogP contribution in [0.15, 0.2) is 212 Å². The summed E-state index contributed by atoms with van der Waals surface area (Å²) < 4.78 is 0. The molecule has 7 aromatic carbocycles. The van der Waals surface area contributed by atoms with Gasteiger partial charge in [-0.25, -0.2) is 0 Å². The summed E-state index contributed by atoms with van der Waals surface area (Å²) in [5.41, 5.74) is 0. The van der Waals surface area contributed by atoms with E-state index in [0.717, 1.165) is 0 Å². The lowest BCUT2D eigenvalue weighted by atomic mass is 10.3. The molecule has 7 aromatic rings. The predicted octanol–water partition coefficient (Wildman–Crippen LogP) is 4.89. The first-order valence-electron chi connectivity index (χ1n) is 15.6. The van der Waals surface area contributed by atoms with Gasteiger partial charge in [0.15, 0.2) is 0 Å². The maximum absolute atomic E-state index is 2.81. The lowest BCUT2D eigenvalue weighted by molar-refractivity contribution is 1.68. The fourth-order valence-corrected chi connectivity index (χ4v) is 43.5. The normalized spacial score (nSPS) is 11.8. The maximum Gasteiger partial charge on any atom is 0.141 e. The highest BCUT2D eigenvalue weighted by Gasteiger charge is 2.60. The highest BCUT2D eigenvalue weighted by atomic mass is 29.6. The molecule has 0 saturated heterocycles. The minimum Gasteiger partial charge on any atom is -0.0646 e. The molecule has 1 radical (unpaired) electrons. The molecule has 0 nitrogen and oxygen atoms in total. The molecule has 0 aliphatic heterocycles. The van der Waals surface area contributed by atoms with Crippen LogP contribution in [0.25, 0.3) is 0 Å². The number of hydrogen-bond donors (Lipinski definition) is 0. The van der Waals surface area contributed by atoms with E-state index < -0.39 is 23.0 Å². The van der Waals surface area contributed by atoms with Crippen LogP contribution in [0.1, 0.15) is 0 Å². The quantitative estimate of drug-likeness (QED) is 0.159. The average Bonchev–Trinajstić information content (AvgIpc) is 3.14. The van der Waals surface area contributed by atoms with Crippen LogP contribution >= 0.6 is 0 Å². The van der Waals surface area contributed by atoms with E-state index in [1.807, 2.05) is 0 Å². The van der Waals surface area contributed by atoms with E-state index in [1.165, 1.54) is 36.3 Å². The van der Waals surface area contributed by atoms with Crippen LogP contribution in [0.2, 0.25) is 0 Å². The molecule has 7 rings (SSSR count). The second kappa shape index (κ2) is 13.0. The molecular weight excluding hydrogens is 589 g/mol. The second-order valence-corrected chi connectivity index (χ2v) is 28.2. The summed E-state index contributed by atoms with van der Waals surface area (Å²) in [7, 11) is -7.18. The van der Waals surface area contributed by atoms with Crippen LogP contribution in [0.4, 0.5) is 0 Å². The first kappa shape index (κ1) is 28.9. The van der Waals surface area contributed by atoms with Gasteiger partial charge in [-0.3, -0.25) is 0 Å². The summed E-state index contributed by atoms with van der Waals surface area (Å²) in [5, 5.41) is 10.3. The van der Waals surface area contributed by atoms with E-state index in [9.17, 15) is 0 Å². The number of rotatable bonds is 9. The summed E-state index contributed by atoms with van der Waals surface area (Å²) in [5.74, 6) is 0. The van der Waals surface area contributed by atoms with Crippen LogP contribution in [0, 0.1) is 0 Å². The Morgan fingerprint density at radius 1 is 0.222 bits per heavy atom. The fourth-order valence-electron chi connectivity index (χ4n) is 7.31. The predicted molar refractivity (Wildman–Crippen MR) is 200 cm³/mol. The molecule has 3 heteroatoms. The smallest absolute Gasteiger partial charge is 0.0646 e. The van der Waals surface area contributed by atoms with Crippen molar-refractivity contribution in [3.05, 3.63) is 212 Å². The molecule has 215 valence electrons. The highest BCUT2D eigenvalue weighted by molar-refractivity contribution is 7.79. The minimum atomic E-state index is -2.81. The van der Waals surface area contributed by atoms with Crippen molar-refractivity contribution in [2.24, 2.45) is 0 Å². The third kappa shape index (κ3) is 5.09. The molecule has 0 fully saturated rings. The Hall–Kier alpha value is -4.81. The van der Waals surface area contributed by atoms with Crippen LogP contribution in [0.5, 0.6) is 0 Å². The Balaban J connectivity index is 1.77. The molecule has 0 aliphatic rings. The van der Waals surface area contributed by atoms with Crippen LogP contribution < -0.4 is 36.3 Å². The maximum atomic E-state index is 2.45. The molecule has 0 bridgehead atoms. The molecule has 0 spiro atoms. The first-order valence-corrected chi connectivity index (χ1v) is 23.1. The van der Waals surface area contributed by atoms with Crippen molar-refractivity contribution in [2.75, 3.05) is 0 Å². The summed E-state index contributed by atoms with van der Waals surface area (Å²) in [6, 6.07) is 80.8. The standard InChI is InChI=1S/C42H35Si3/c1-8-22-36(23-9-1)43(44(37-24-10-2-11-25-37,38-26-12-3-13-27-38)39-28-14-4-15-29-39)45(40-30-16-5-17-31-40,41-32-18-6-19-33-41)42-34-20-7-21-35-42/h1-35H. The third-order valence-corrected chi connectivity index (χ3v) is 36.8. The van der Waals surface area contributed by atoms with Gasteiger partial charge in [0.05, 0.1) is 0 Å². The van der Waals surface area contributed by atoms with Crippen LogP contribution in [-0.4, -0.2) is 23.0 Å². The Labute approximate surface area is 270 Å². The average molecular weight is 624 g/mol. The first-order chi connectivity index (χ1) is 22.4. The topological polar surface area (TPSA) is 0 Å². The second-order valence-electron chi connectivity index (χ2n) is 11.4. The zero-order valence-electron chi connectivity index (χ0n) is 25.2. The van der Waals surface area contributed by atoms with Gasteiger partial charge < -0.3 is 0 Å². The zero-order chi connectivity index (χ0) is 30.4. The van der Waals surface area contributed by atoms with Gasteiger partial charge in [0.25, 0.3) is 0 Å². The molecule has 0 unspecified atom stereocenters. The molecule has 45 heavy (non-hydrogen) atoms. The molecule has 0 N–H and O–H groups in total. The zero-order valence-corrected chi connectivity index (χ0v) is 28.2. The molecule has 0 saturated carbocycles. The van der Waals surface area contributed by atoms with Gasteiger partial charge in [-0.2, -0.15) is 0 Å². The Bertz CT molecular complexity index is 1600. The van der Waals surface area contributed by atoms with Gasteiger partial charge in [0.1, 0.15) is 23.0 Å². The molecule has 0 aliphatic carbocycles. The van der Waals surface area contributed by atoms with E-state index in [2.05, 4.69) is 212 Å². The lowest BCUT2D eigenvalue weighted by Crippen LogP contribution is -2.93. The highest BCUT2D eigenvalue weighted by Crippen LogP contribution is 2.22. The number of benzene rings is 7. The van der Waals surface area contributed by atoms with Gasteiger partial charge in [0.2, 0.25) is 0 Å². The Kier molecular flexibility index (Phi) is 8.39. The Morgan fingerprint density at radius 3 is 0.600 bits per heavy atom. The van der Waals surface area contributed by atoms with E-state index in [1.54, 1.807) is 0 Å². The summed E-state index contributed by atoms with van der Waals surface area (Å²) >= 11 is 0. The van der Waals surface area contributed by atoms with Crippen molar-refractivity contribution < 1.29 is 0 Å². The fraction of sp³-hybridized carbons (Fsp3) is 0. The van der Waals surface area contributed by atoms with E-state index in [0.29, 0.717) is 0 Å². The Morgan fingerprint density at radius 2 is 0.400 bits per heavy atom. The summed E-state index contributed by atoms with van der Waals surface area (Å²) in [6.45, 7) is 0. The molecule has 0 atom stereocenters. The van der Waals surface area contributed by atoms with Gasteiger partial charge in [-0.1, -0.05) is 249 Å². The monoisotopic (exact) mass is 623 g/mol. The van der Waals surface area contributed by atoms with Gasteiger partial charge in [0, 0.05) is 0 Å². The summed E-state index contributed by atoms with van der Waals surface area (Å²) in [6.07, 6.45) is 0. The van der Waals surface area contributed by atoms with E-state index in [4.69, 9.17) is 0 Å². The van der Waals surface area contributed by atoms with E-state index in [-0.39, 0.29) is 0 Å². The molecule has 0 heterocycles. The van der Waals surface area contributed by atoms with Crippen molar-refractivity contribution in [1.82, 2.24) is 0 Å². The SMILES string of the molecule is c1ccc([Si]([Si](c2ccccc2)(c2ccccc2)c2ccccc2)[Si](c2ccccc2)(c2ccccc2)c2ccccc2)cc1. The van der Waals surface area contributed by atoms with Crippen LogP contribution in [0.3, 0.4) is 0 Å². The van der Waals surface area contributed by atoms with Gasteiger partial charge in [-0.05, 0) is 0 Å². The largest absolute Gasteiger partial charge is 0.141 e. The summed E-state index contributed by atoms with van der Waals surface area (Å²) in [4.78, 5) is 0. The third-order valence-electron chi connectivity index (χ3n) is 9.05. The van der Waals surface area contributed by atoms with Crippen molar-refractivity contribution in [2.45, 2.75) is 0 Å². The van der Waals surface area contributed by atoms with Crippen molar-refractivity contribution >= 4 is 59.3 Å². The van der Waals surface area contributed by atoms with Crippen molar-refractivity contribution in [1.29, 1.82) is 0 Å². The molecular formula is C42H35Si3. The number of hydrogen-bond acceptors (Lipinski definition) is 0.